The number of ether oxygens (including phenoxy) is 1. The van der Waals surface area contributed by atoms with Crippen LogP contribution in [0.3, 0.4) is 0 Å². The van der Waals surface area contributed by atoms with Gasteiger partial charge in [0.1, 0.15) is 11.4 Å². The lowest BCUT2D eigenvalue weighted by Gasteiger charge is -2.09. The largest absolute Gasteiger partial charge is 0.462 e. The van der Waals surface area contributed by atoms with Crippen LogP contribution in [0.15, 0.2) is 18.2 Å². The first-order valence-electron chi connectivity index (χ1n) is 6.06. The standard InChI is InChI=1S/C14H18N2O2/c1-5-18-14(17)12-8-9(2)15-13(12)16-10(3)6-7-11(16)4/h6-8,15H,5H2,1-4H3. The van der Waals surface area contributed by atoms with Gasteiger partial charge in [-0.3, -0.25) is 0 Å². The molecule has 0 bridgehead atoms. The maximum Gasteiger partial charge on any atom is 0.341 e. The van der Waals surface area contributed by atoms with E-state index in [4.69, 9.17) is 4.74 Å². The Morgan fingerprint density at radius 2 is 1.89 bits per heavy atom. The van der Waals surface area contributed by atoms with Crippen molar-refractivity contribution >= 4 is 5.97 Å². The van der Waals surface area contributed by atoms with E-state index in [0.29, 0.717) is 12.2 Å². The highest BCUT2D eigenvalue weighted by atomic mass is 16.5. The summed E-state index contributed by atoms with van der Waals surface area (Å²) in [5.41, 5.74) is 3.69. The Kier molecular flexibility index (Phi) is 3.28. The van der Waals surface area contributed by atoms with Crippen LogP contribution in [0.1, 0.15) is 34.4 Å². The maximum atomic E-state index is 11.9. The SMILES string of the molecule is CCOC(=O)c1cc(C)[nH]c1-n1c(C)ccc1C. The fraction of sp³-hybridized carbons (Fsp3) is 0.357. The number of esters is 1. The molecule has 0 aliphatic carbocycles. The molecule has 2 heterocycles. The predicted molar refractivity (Wildman–Crippen MR) is 70.3 cm³/mol. The van der Waals surface area contributed by atoms with Crippen molar-refractivity contribution in [3.05, 3.63) is 40.8 Å². The highest BCUT2D eigenvalue weighted by Crippen LogP contribution is 2.21. The second-order valence-corrected chi connectivity index (χ2v) is 4.39. The summed E-state index contributed by atoms with van der Waals surface area (Å²) in [6.45, 7) is 8.14. The number of hydrogen-bond donors (Lipinski definition) is 1. The molecule has 0 spiro atoms. The third kappa shape index (κ3) is 2.06. The van der Waals surface area contributed by atoms with Gasteiger partial charge < -0.3 is 14.3 Å². The number of aromatic nitrogens is 2. The quantitative estimate of drug-likeness (QED) is 0.846. The second kappa shape index (κ2) is 4.72. The number of aryl methyl sites for hydroxylation is 3. The molecule has 18 heavy (non-hydrogen) atoms. The van der Waals surface area contributed by atoms with Gasteiger partial charge in [-0.2, -0.15) is 0 Å². The van der Waals surface area contributed by atoms with Crippen LogP contribution in [0.4, 0.5) is 0 Å². The molecule has 0 atom stereocenters. The zero-order valence-electron chi connectivity index (χ0n) is 11.2. The molecule has 2 rings (SSSR count). The van der Waals surface area contributed by atoms with Crippen LogP contribution < -0.4 is 0 Å². The Hall–Kier alpha value is -1.97. The minimum atomic E-state index is -0.288. The number of hydrogen-bond acceptors (Lipinski definition) is 2. The zero-order chi connectivity index (χ0) is 13.3. The summed E-state index contributed by atoms with van der Waals surface area (Å²) in [7, 11) is 0. The molecule has 0 saturated carbocycles. The fourth-order valence-corrected chi connectivity index (χ4v) is 2.14. The number of nitrogens with one attached hydrogen (secondary N) is 1. The molecule has 96 valence electrons. The van der Waals surface area contributed by atoms with Gasteiger partial charge >= 0.3 is 5.97 Å². The van der Waals surface area contributed by atoms with Crippen molar-refractivity contribution in [2.75, 3.05) is 6.61 Å². The summed E-state index contributed by atoms with van der Waals surface area (Å²) in [6.07, 6.45) is 0. The number of rotatable bonds is 3. The van der Waals surface area contributed by atoms with Crippen molar-refractivity contribution in [2.45, 2.75) is 27.7 Å². The van der Waals surface area contributed by atoms with Gasteiger partial charge in [0, 0.05) is 17.1 Å². The predicted octanol–water partition coefficient (Wildman–Crippen LogP) is 2.91. The van der Waals surface area contributed by atoms with Gasteiger partial charge in [0.2, 0.25) is 0 Å². The average molecular weight is 246 g/mol. The van der Waals surface area contributed by atoms with Crippen LogP contribution >= 0.6 is 0 Å². The maximum absolute atomic E-state index is 11.9. The zero-order valence-corrected chi connectivity index (χ0v) is 11.2. The van der Waals surface area contributed by atoms with Crippen molar-refractivity contribution in [2.24, 2.45) is 0 Å². The topological polar surface area (TPSA) is 47.0 Å². The van der Waals surface area contributed by atoms with E-state index in [1.165, 1.54) is 0 Å². The molecule has 0 aliphatic rings. The first-order valence-corrected chi connectivity index (χ1v) is 6.06. The number of H-pyrrole nitrogens is 1. The Morgan fingerprint density at radius 3 is 2.44 bits per heavy atom. The van der Waals surface area contributed by atoms with E-state index < -0.39 is 0 Å². The molecular weight excluding hydrogens is 228 g/mol. The number of aromatic amines is 1. The smallest absolute Gasteiger partial charge is 0.341 e. The Balaban J connectivity index is 2.55. The molecule has 2 aromatic rings. The van der Waals surface area contributed by atoms with Crippen LogP contribution in [0.5, 0.6) is 0 Å². The van der Waals surface area contributed by atoms with Crippen molar-refractivity contribution < 1.29 is 9.53 Å². The van der Waals surface area contributed by atoms with Gasteiger partial charge in [0.15, 0.2) is 0 Å². The molecule has 0 aromatic carbocycles. The highest BCUT2D eigenvalue weighted by Gasteiger charge is 2.18. The van der Waals surface area contributed by atoms with Crippen molar-refractivity contribution in [3.8, 4) is 5.82 Å². The van der Waals surface area contributed by atoms with E-state index in [9.17, 15) is 4.79 Å². The molecule has 4 heteroatoms. The molecule has 0 fully saturated rings. The normalized spacial score (nSPS) is 10.7. The third-order valence-corrected chi connectivity index (χ3v) is 2.92. The van der Waals surface area contributed by atoms with Gasteiger partial charge in [-0.05, 0) is 45.9 Å². The van der Waals surface area contributed by atoms with Crippen molar-refractivity contribution in [1.82, 2.24) is 9.55 Å². The molecule has 0 saturated heterocycles. The van der Waals surface area contributed by atoms with Gasteiger partial charge in [-0.25, -0.2) is 4.79 Å². The molecule has 1 N–H and O–H groups in total. The third-order valence-electron chi connectivity index (χ3n) is 2.92. The van der Waals surface area contributed by atoms with Crippen molar-refractivity contribution in [1.29, 1.82) is 0 Å². The van der Waals surface area contributed by atoms with Crippen molar-refractivity contribution in [3.63, 3.8) is 0 Å². The first-order chi connectivity index (χ1) is 8.54. The number of nitrogens with zero attached hydrogens (tertiary/aromatic N) is 1. The summed E-state index contributed by atoms with van der Waals surface area (Å²) in [5.74, 6) is 0.496. The molecule has 0 amide bonds. The van der Waals surface area contributed by atoms with E-state index in [-0.39, 0.29) is 5.97 Å². The highest BCUT2D eigenvalue weighted by molar-refractivity contribution is 5.93. The molecule has 0 aliphatic heterocycles. The lowest BCUT2D eigenvalue weighted by atomic mass is 10.3. The van der Waals surface area contributed by atoms with E-state index in [1.54, 1.807) is 0 Å². The van der Waals surface area contributed by atoms with Crippen LogP contribution in [0, 0.1) is 20.8 Å². The number of carbonyl (C=O) groups is 1. The van der Waals surface area contributed by atoms with E-state index in [2.05, 4.69) is 4.98 Å². The molecule has 2 aromatic heterocycles. The lowest BCUT2D eigenvalue weighted by Crippen LogP contribution is -2.09. The monoisotopic (exact) mass is 246 g/mol. The van der Waals surface area contributed by atoms with Crippen LogP contribution in [0.2, 0.25) is 0 Å². The average Bonchev–Trinajstić information content (AvgIpc) is 2.83. The molecule has 0 unspecified atom stereocenters. The van der Waals surface area contributed by atoms with E-state index in [0.717, 1.165) is 22.9 Å². The van der Waals surface area contributed by atoms with Gasteiger partial charge in [0.25, 0.3) is 0 Å². The Morgan fingerprint density at radius 1 is 1.28 bits per heavy atom. The number of carbonyl (C=O) groups excluding carboxylic acids is 1. The first kappa shape index (κ1) is 12.5. The minimum absolute atomic E-state index is 0.288. The van der Waals surface area contributed by atoms with Crippen LogP contribution in [-0.4, -0.2) is 22.1 Å². The van der Waals surface area contributed by atoms with E-state index in [1.807, 2.05) is 50.5 Å². The Labute approximate surface area is 107 Å². The minimum Gasteiger partial charge on any atom is -0.462 e. The second-order valence-electron chi connectivity index (χ2n) is 4.39. The summed E-state index contributed by atoms with van der Waals surface area (Å²) in [4.78, 5) is 15.2. The summed E-state index contributed by atoms with van der Waals surface area (Å²) in [5, 5.41) is 0. The van der Waals surface area contributed by atoms with Crippen LogP contribution in [0.25, 0.3) is 5.82 Å². The van der Waals surface area contributed by atoms with E-state index >= 15 is 0 Å². The van der Waals surface area contributed by atoms with Gasteiger partial charge in [-0.15, -0.1) is 0 Å². The Bertz CT molecular complexity index is 559. The molecular formula is C14H18N2O2. The van der Waals surface area contributed by atoms with Gasteiger partial charge in [-0.1, -0.05) is 0 Å². The summed E-state index contributed by atoms with van der Waals surface area (Å²) >= 11 is 0. The van der Waals surface area contributed by atoms with Gasteiger partial charge in [0.05, 0.1) is 6.61 Å². The fourth-order valence-electron chi connectivity index (χ4n) is 2.14. The van der Waals surface area contributed by atoms with Crippen LogP contribution in [-0.2, 0) is 4.74 Å². The molecule has 0 radical (unpaired) electrons. The summed E-state index contributed by atoms with van der Waals surface area (Å²) < 4.78 is 7.11. The lowest BCUT2D eigenvalue weighted by molar-refractivity contribution is 0.0526. The summed E-state index contributed by atoms with van der Waals surface area (Å²) in [6, 6.07) is 5.88. The molecule has 4 nitrogen and oxygen atoms in total.